The molecule has 1 unspecified atom stereocenters. The molecule has 0 aromatic rings. The Balaban J connectivity index is -0.000000249. The molecule has 0 spiro atoms. The molecule has 0 saturated carbocycles. The summed E-state index contributed by atoms with van der Waals surface area (Å²) in [6, 6.07) is 0. The minimum absolute atomic E-state index is 0. The molecule has 11 heavy (non-hydrogen) atoms. The first kappa shape index (κ1) is 13.8. The molecule has 0 aromatic carbocycles. The number of ketones is 1. The second-order valence-corrected chi connectivity index (χ2v) is 2.02. The zero-order valence-electron chi connectivity index (χ0n) is 8.01. The Morgan fingerprint density at radius 1 is 1.73 bits per heavy atom. The van der Waals surface area contributed by atoms with Crippen molar-refractivity contribution in [2.45, 2.75) is 26.7 Å². The van der Waals surface area contributed by atoms with Crippen LogP contribution in [0.5, 0.6) is 0 Å². The predicted molar refractivity (Wildman–Crippen MR) is 44.0 cm³/mol. The third kappa shape index (κ3) is 17.8. The second-order valence-electron chi connectivity index (χ2n) is 2.02. The van der Waals surface area contributed by atoms with E-state index in [1.54, 1.807) is 0 Å². The van der Waals surface area contributed by atoms with E-state index in [1.807, 2.05) is 6.92 Å². The molecule has 0 saturated heterocycles. The number of nitrogens with two attached hydrogens (primary N) is 1. The Morgan fingerprint density at radius 3 is 2.27 bits per heavy atom. The molecule has 0 bridgehead atoms. The third-order valence-corrected chi connectivity index (χ3v) is 1.09. The van der Waals surface area contributed by atoms with Gasteiger partial charge in [0.05, 0.1) is 0 Å². The van der Waals surface area contributed by atoms with Crippen LogP contribution in [0.1, 0.15) is 28.0 Å². The van der Waals surface area contributed by atoms with E-state index in [2.05, 4.69) is 19.7 Å². The van der Waals surface area contributed by atoms with Gasteiger partial charge < -0.3 is 17.5 Å². The van der Waals surface area contributed by atoms with Crippen molar-refractivity contribution in [1.82, 2.24) is 0 Å². The second kappa shape index (κ2) is 12.8. The summed E-state index contributed by atoms with van der Waals surface area (Å²) in [5.74, 6) is 0.184. The molecule has 0 fully saturated rings. The van der Waals surface area contributed by atoms with Gasteiger partial charge in [0.1, 0.15) is 0 Å². The van der Waals surface area contributed by atoms with Gasteiger partial charge in [-0.1, -0.05) is 20.2 Å². The van der Waals surface area contributed by atoms with Gasteiger partial charge in [-0.05, 0) is 18.1 Å². The van der Waals surface area contributed by atoms with Crippen LogP contribution in [0, 0.1) is 19.9 Å². The van der Waals surface area contributed by atoms with Gasteiger partial charge in [0.2, 0.25) is 0 Å². The van der Waals surface area contributed by atoms with Crippen molar-refractivity contribution in [1.29, 1.82) is 0 Å². The molecule has 2 nitrogen and oxygen atoms in total. The van der Waals surface area contributed by atoms with Gasteiger partial charge >= 0.3 is 21.1 Å². The van der Waals surface area contributed by atoms with E-state index in [4.69, 9.17) is 1.37 Å². The fourth-order valence-corrected chi connectivity index (χ4v) is 0.466. The van der Waals surface area contributed by atoms with E-state index in [-0.39, 0.29) is 32.8 Å². The van der Waals surface area contributed by atoms with Crippen molar-refractivity contribution in [3.05, 3.63) is 14.0 Å². The normalized spacial score (nSPS) is 11.4. The zero-order valence-corrected chi connectivity index (χ0v) is 9.94. The molecular weight excluding hydrogens is 310 g/mol. The maximum atomic E-state index is 10.4. The van der Waals surface area contributed by atoms with Crippen LogP contribution in [0.4, 0.5) is 0 Å². The van der Waals surface area contributed by atoms with Gasteiger partial charge in [0.25, 0.3) is 0 Å². The van der Waals surface area contributed by atoms with Crippen LogP contribution in [0.3, 0.4) is 0 Å². The van der Waals surface area contributed by atoms with Crippen LogP contribution in [0.25, 0.3) is 0 Å². The molecule has 0 aromatic heterocycles. The van der Waals surface area contributed by atoms with E-state index in [9.17, 15) is 4.79 Å². The topological polar surface area (TPSA) is 43.1 Å². The van der Waals surface area contributed by atoms with Gasteiger partial charge in [-0.3, -0.25) is 7.05 Å². The molecule has 66 valence electrons. The summed E-state index contributed by atoms with van der Waals surface area (Å²) in [5, 5.41) is 0. The Morgan fingerprint density at radius 2 is 2.18 bits per heavy atom. The van der Waals surface area contributed by atoms with E-state index in [0.29, 0.717) is 13.3 Å². The molecule has 1 atom stereocenters. The average Bonchev–Trinajstić information content (AvgIpc) is 2.03. The zero-order chi connectivity index (χ0) is 9.28. The fourth-order valence-electron chi connectivity index (χ4n) is 0.466. The van der Waals surface area contributed by atoms with Crippen LogP contribution in [0.15, 0.2) is 0 Å². The summed E-state index contributed by atoms with van der Waals surface area (Å²) in [4.78, 5) is 10.4. The van der Waals surface area contributed by atoms with E-state index >= 15 is 0 Å². The summed E-state index contributed by atoms with van der Waals surface area (Å²) >= 11 is 0. The predicted octanol–water partition coefficient (Wildman–Crippen LogP) is 1.56. The molecule has 0 heterocycles. The Labute approximate surface area is 85.6 Å². The minimum atomic E-state index is -0.0471. The van der Waals surface area contributed by atoms with Crippen LogP contribution < -0.4 is 5.73 Å². The van der Waals surface area contributed by atoms with Gasteiger partial charge in [-0.15, -0.1) is 0 Å². The standard InChI is InChI=1S/C7H13O.CH4N.W/c1-4-6(2)5-7(3)8;1-2;/h6H,3-5H2,1-2H3;1-2H2;/q2*-1;+2/i2D;;. The molecule has 0 amide bonds. The average molecular weight is 328 g/mol. The van der Waals surface area contributed by atoms with Crippen LogP contribution in [-0.4, -0.2) is 5.78 Å². The van der Waals surface area contributed by atoms with Crippen molar-refractivity contribution in [2.75, 3.05) is 0 Å². The third-order valence-electron chi connectivity index (χ3n) is 1.09. The molecule has 0 aliphatic carbocycles. The van der Waals surface area contributed by atoms with Crippen LogP contribution >= 0.6 is 0 Å². The summed E-state index contributed by atoms with van der Waals surface area (Å²) in [5.41, 5.74) is 4.25. The fraction of sp³-hybridized carbons (Fsp3) is 0.625. The number of hydrogen-bond acceptors (Lipinski definition) is 2. The monoisotopic (exact) mass is 328 g/mol. The molecule has 0 aliphatic heterocycles. The first-order valence-electron chi connectivity index (χ1n) is 3.96. The van der Waals surface area contributed by atoms with Crippen LogP contribution in [0.2, 0.25) is 0 Å². The van der Waals surface area contributed by atoms with Crippen molar-refractivity contribution in [3.8, 4) is 0 Å². The first-order valence-corrected chi connectivity index (χ1v) is 3.25. The van der Waals surface area contributed by atoms with Crippen molar-refractivity contribution in [2.24, 2.45) is 11.7 Å². The van der Waals surface area contributed by atoms with Crippen molar-refractivity contribution >= 4 is 5.78 Å². The van der Waals surface area contributed by atoms with Crippen LogP contribution in [-0.2, 0) is 25.9 Å². The molecule has 2 N–H and O–H groups in total. The van der Waals surface area contributed by atoms with Gasteiger partial charge in [-0.25, -0.2) is 0 Å². The molecule has 0 radical (unpaired) electrons. The molecule has 0 aliphatic rings. The molecular formula is C8H17NOW. The number of hydrogen-bond donors (Lipinski definition) is 1. The SMILES string of the molecule is [2H]CC(CC)CC([CH2-])=O.[CH2-]N.[W+2]. The van der Waals surface area contributed by atoms with Gasteiger partial charge in [0.15, 0.2) is 0 Å². The van der Waals surface area contributed by atoms with Crippen molar-refractivity contribution in [3.63, 3.8) is 0 Å². The van der Waals surface area contributed by atoms with E-state index in [0.717, 1.165) is 6.42 Å². The maximum absolute atomic E-state index is 10.4. The number of rotatable bonds is 3. The summed E-state index contributed by atoms with van der Waals surface area (Å²) in [6.45, 7) is 5.59. The number of carbonyl (C=O) groups is 1. The Hall–Kier alpha value is 0.188. The quantitative estimate of drug-likeness (QED) is 0.799. The largest absolute Gasteiger partial charge is 2.00 e. The Bertz CT molecular complexity index is 97.1. The van der Waals surface area contributed by atoms with E-state index < -0.39 is 0 Å². The Kier molecular flexibility index (Phi) is 16.0. The van der Waals surface area contributed by atoms with Crippen molar-refractivity contribution < 1.29 is 27.2 Å². The summed E-state index contributed by atoms with van der Waals surface area (Å²) < 4.78 is 6.97. The molecule has 3 heteroatoms. The number of carbonyl (C=O) groups excluding carboxylic acids is 1. The van der Waals surface area contributed by atoms with Gasteiger partial charge in [-0.2, -0.15) is 0 Å². The maximum Gasteiger partial charge on any atom is 2.00 e. The number of Topliss-reactive ketones (excluding diaryl/α,β-unsaturated/α-hetero) is 1. The summed E-state index contributed by atoms with van der Waals surface area (Å²) in [7, 11) is 2.75. The van der Waals surface area contributed by atoms with E-state index in [1.165, 1.54) is 0 Å². The summed E-state index contributed by atoms with van der Waals surface area (Å²) in [6.07, 6.45) is 1.38. The minimum Gasteiger partial charge on any atom is -0.486 e. The van der Waals surface area contributed by atoms with Gasteiger partial charge in [0, 0.05) is 1.37 Å². The first-order chi connectivity index (χ1) is 5.20. The molecule has 0 rings (SSSR count). The smallest absolute Gasteiger partial charge is 0.486 e.